The largest absolute Gasteiger partial charge is 0.494 e. The molecule has 1 atom stereocenters. The summed E-state index contributed by atoms with van der Waals surface area (Å²) >= 11 is 0. The normalized spacial score (nSPS) is 16.1. The van der Waals surface area contributed by atoms with Gasteiger partial charge in [0.25, 0.3) is 0 Å². The van der Waals surface area contributed by atoms with Crippen LogP contribution in [0.25, 0.3) is 0 Å². The molecule has 1 aliphatic rings. The summed E-state index contributed by atoms with van der Waals surface area (Å²) in [6, 6.07) is 6.93. The number of hydrogen-bond acceptors (Lipinski definition) is 5. The Morgan fingerprint density at radius 1 is 1.26 bits per heavy atom. The Morgan fingerprint density at radius 2 is 2.07 bits per heavy atom. The summed E-state index contributed by atoms with van der Waals surface area (Å²) in [6.07, 6.45) is 1.65. The molecule has 1 aromatic carbocycles. The van der Waals surface area contributed by atoms with Gasteiger partial charge in [0.2, 0.25) is 5.91 Å². The maximum atomic E-state index is 12.6. The number of ether oxygens (including phenoxy) is 1. The van der Waals surface area contributed by atoms with Gasteiger partial charge in [-0.15, -0.1) is 10.2 Å². The molecule has 1 aromatic heterocycles. The summed E-state index contributed by atoms with van der Waals surface area (Å²) in [7, 11) is 0. The predicted octanol–water partition coefficient (Wildman–Crippen LogP) is 1.94. The van der Waals surface area contributed by atoms with Gasteiger partial charge in [0, 0.05) is 6.42 Å². The minimum Gasteiger partial charge on any atom is -0.494 e. The van der Waals surface area contributed by atoms with E-state index in [9.17, 15) is 14.7 Å². The third-order valence-corrected chi connectivity index (χ3v) is 4.70. The summed E-state index contributed by atoms with van der Waals surface area (Å²) in [5, 5.41) is 17.5. The van der Waals surface area contributed by atoms with Crippen LogP contribution in [0.5, 0.6) is 5.75 Å². The van der Waals surface area contributed by atoms with E-state index in [-0.39, 0.29) is 25.4 Å². The second kappa shape index (κ2) is 8.20. The lowest BCUT2D eigenvalue weighted by Gasteiger charge is -2.33. The first-order valence-electron chi connectivity index (χ1n) is 9.06. The highest BCUT2D eigenvalue weighted by Crippen LogP contribution is 2.20. The fourth-order valence-electron chi connectivity index (χ4n) is 3.20. The quantitative estimate of drug-likeness (QED) is 0.746. The van der Waals surface area contributed by atoms with E-state index < -0.39 is 12.0 Å². The molecule has 1 N–H and O–H groups in total. The summed E-state index contributed by atoms with van der Waals surface area (Å²) in [5.74, 6) is 0.922. The van der Waals surface area contributed by atoms with E-state index in [2.05, 4.69) is 10.2 Å². The zero-order valence-corrected chi connectivity index (χ0v) is 15.6. The first kappa shape index (κ1) is 18.9. The van der Waals surface area contributed by atoms with Crippen LogP contribution in [0.3, 0.4) is 0 Å². The van der Waals surface area contributed by atoms with Crippen molar-refractivity contribution >= 4 is 11.9 Å². The maximum absolute atomic E-state index is 12.6. The average Bonchev–Trinajstić information content (AvgIpc) is 3.00. The fraction of sp³-hybridized carbons (Fsp3) is 0.474. The molecule has 3 rings (SSSR count). The van der Waals surface area contributed by atoms with Crippen molar-refractivity contribution in [2.24, 2.45) is 0 Å². The van der Waals surface area contributed by atoms with Crippen molar-refractivity contribution in [1.29, 1.82) is 0 Å². The lowest BCUT2D eigenvalue weighted by Crippen LogP contribution is -2.50. The molecule has 0 bridgehead atoms. The molecule has 1 amide bonds. The van der Waals surface area contributed by atoms with Gasteiger partial charge in [-0.25, -0.2) is 4.79 Å². The third kappa shape index (κ3) is 4.45. The lowest BCUT2D eigenvalue weighted by molar-refractivity contribution is -0.152. The van der Waals surface area contributed by atoms with Crippen LogP contribution in [-0.2, 0) is 22.7 Å². The molecular formula is C19H24N4O4. The van der Waals surface area contributed by atoms with Crippen molar-refractivity contribution in [3.05, 3.63) is 41.5 Å². The fourth-order valence-corrected chi connectivity index (χ4v) is 3.20. The van der Waals surface area contributed by atoms with Crippen LogP contribution in [0.4, 0.5) is 0 Å². The number of hydrogen-bond donors (Lipinski definition) is 1. The first-order valence-corrected chi connectivity index (χ1v) is 9.06. The van der Waals surface area contributed by atoms with E-state index in [0.717, 1.165) is 17.7 Å². The number of fused-ring (bicyclic) bond motifs is 1. The molecule has 8 nitrogen and oxygen atoms in total. The predicted molar refractivity (Wildman–Crippen MR) is 97.3 cm³/mol. The molecule has 27 heavy (non-hydrogen) atoms. The van der Waals surface area contributed by atoms with Gasteiger partial charge in [-0.2, -0.15) is 0 Å². The number of carbonyl (C=O) groups is 2. The average molecular weight is 372 g/mol. The van der Waals surface area contributed by atoms with Crippen LogP contribution < -0.4 is 4.74 Å². The van der Waals surface area contributed by atoms with Crippen molar-refractivity contribution < 1.29 is 19.4 Å². The number of nitrogens with zero attached hydrogens (tertiary/aromatic N) is 4. The van der Waals surface area contributed by atoms with E-state index >= 15 is 0 Å². The Kier molecular flexibility index (Phi) is 5.73. The number of carboxylic acids is 1. The van der Waals surface area contributed by atoms with Gasteiger partial charge in [-0.1, -0.05) is 12.1 Å². The number of aromatic nitrogens is 3. The maximum Gasteiger partial charge on any atom is 0.328 e. The van der Waals surface area contributed by atoms with E-state index in [1.165, 1.54) is 4.90 Å². The second-order valence-corrected chi connectivity index (χ2v) is 6.77. The molecule has 2 heterocycles. The van der Waals surface area contributed by atoms with Crippen molar-refractivity contribution in [3.8, 4) is 5.75 Å². The third-order valence-electron chi connectivity index (χ3n) is 4.70. The Labute approximate surface area is 157 Å². The van der Waals surface area contributed by atoms with Gasteiger partial charge in [-0.3, -0.25) is 4.79 Å². The van der Waals surface area contributed by atoms with Gasteiger partial charge >= 0.3 is 5.97 Å². The highest BCUT2D eigenvalue weighted by molar-refractivity contribution is 5.83. The minimum absolute atomic E-state index is 0.176. The molecule has 2 aromatic rings. The smallest absolute Gasteiger partial charge is 0.328 e. The number of carboxylic acid groups (broad SMARTS) is 1. The minimum atomic E-state index is -1.01. The monoisotopic (exact) mass is 372 g/mol. The molecule has 0 saturated heterocycles. The SMILES string of the molecule is Cc1cccc(OCCCCC(=O)N2Cc3nnc(C)n3CC2C(=O)O)c1. The number of aryl methyl sites for hydroxylation is 2. The van der Waals surface area contributed by atoms with Crippen LogP contribution in [0.1, 0.15) is 36.5 Å². The molecule has 0 radical (unpaired) electrons. The Morgan fingerprint density at radius 3 is 2.81 bits per heavy atom. The van der Waals surface area contributed by atoms with Crippen molar-refractivity contribution in [2.45, 2.75) is 52.2 Å². The highest BCUT2D eigenvalue weighted by Gasteiger charge is 2.35. The van der Waals surface area contributed by atoms with Gasteiger partial charge in [0.15, 0.2) is 5.82 Å². The number of aliphatic carboxylic acids is 1. The molecule has 1 aliphatic heterocycles. The standard InChI is InChI=1S/C19H24N4O4/c1-13-6-5-7-15(10-13)27-9-4-3-8-18(24)23-12-17-21-20-14(2)22(17)11-16(23)19(25)26/h5-7,10,16H,3-4,8-9,11-12H2,1-2H3,(H,25,26). The van der Waals surface area contributed by atoms with Crippen LogP contribution in [0.15, 0.2) is 24.3 Å². The molecule has 0 fully saturated rings. The summed E-state index contributed by atoms with van der Waals surface area (Å²) in [5.41, 5.74) is 1.13. The summed E-state index contributed by atoms with van der Waals surface area (Å²) in [6.45, 7) is 4.67. The van der Waals surface area contributed by atoms with Gasteiger partial charge in [0.05, 0.1) is 19.7 Å². The molecule has 144 valence electrons. The molecular weight excluding hydrogens is 348 g/mol. The molecule has 1 unspecified atom stereocenters. The van der Waals surface area contributed by atoms with Gasteiger partial charge in [-0.05, 0) is 44.4 Å². The van der Waals surface area contributed by atoms with Crippen LogP contribution in [-0.4, -0.2) is 49.3 Å². The highest BCUT2D eigenvalue weighted by atomic mass is 16.5. The zero-order chi connectivity index (χ0) is 19.4. The Hall–Kier alpha value is -2.90. The van der Waals surface area contributed by atoms with E-state index in [0.29, 0.717) is 24.7 Å². The van der Waals surface area contributed by atoms with Gasteiger partial charge in [0.1, 0.15) is 17.6 Å². The Balaban J connectivity index is 1.50. The number of rotatable bonds is 7. The van der Waals surface area contributed by atoms with Crippen LogP contribution >= 0.6 is 0 Å². The van der Waals surface area contributed by atoms with Gasteiger partial charge < -0.3 is 19.3 Å². The molecule has 8 heteroatoms. The number of unbranched alkanes of at least 4 members (excludes halogenated alkanes) is 1. The van der Waals surface area contributed by atoms with E-state index in [1.54, 1.807) is 11.5 Å². The van der Waals surface area contributed by atoms with Crippen molar-refractivity contribution in [2.75, 3.05) is 6.61 Å². The lowest BCUT2D eigenvalue weighted by atomic mass is 10.1. The topological polar surface area (TPSA) is 97.5 Å². The first-order chi connectivity index (χ1) is 13.0. The number of carbonyl (C=O) groups excluding carboxylic acids is 1. The zero-order valence-electron chi connectivity index (χ0n) is 15.6. The van der Waals surface area contributed by atoms with E-state index in [1.807, 2.05) is 31.2 Å². The summed E-state index contributed by atoms with van der Waals surface area (Å²) in [4.78, 5) is 25.6. The number of amides is 1. The van der Waals surface area contributed by atoms with Crippen LogP contribution in [0, 0.1) is 13.8 Å². The summed E-state index contributed by atoms with van der Waals surface area (Å²) < 4.78 is 7.44. The van der Waals surface area contributed by atoms with Crippen molar-refractivity contribution in [3.63, 3.8) is 0 Å². The number of benzene rings is 1. The molecule has 0 saturated carbocycles. The van der Waals surface area contributed by atoms with Crippen LogP contribution in [0.2, 0.25) is 0 Å². The second-order valence-electron chi connectivity index (χ2n) is 6.77. The van der Waals surface area contributed by atoms with Crippen molar-refractivity contribution in [1.82, 2.24) is 19.7 Å². The van der Waals surface area contributed by atoms with E-state index in [4.69, 9.17) is 4.74 Å². The molecule has 0 spiro atoms. The molecule has 0 aliphatic carbocycles. The Bertz CT molecular complexity index is 833.